The van der Waals surface area contributed by atoms with Gasteiger partial charge in [-0.3, -0.25) is 0 Å². The van der Waals surface area contributed by atoms with Crippen LogP contribution in [0.1, 0.15) is 70.3 Å². The molecule has 0 heterocycles. The van der Waals surface area contributed by atoms with Crippen molar-refractivity contribution in [3.05, 3.63) is 35.8 Å². The SMILES string of the molecule is CCCCCCCCCCC(=C(O)O)c1ccccc1O. The summed E-state index contributed by atoms with van der Waals surface area (Å²) in [7, 11) is 0. The van der Waals surface area contributed by atoms with Crippen LogP contribution >= 0.6 is 0 Å². The Balaban J connectivity index is 2.35. The highest BCUT2D eigenvalue weighted by atomic mass is 16.5. The molecule has 0 aliphatic carbocycles. The summed E-state index contributed by atoms with van der Waals surface area (Å²) in [5, 5.41) is 28.6. The van der Waals surface area contributed by atoms with Gasteiger partial charge in [0.05, 0.1) is 0 Å². The second kappa shape index (κ2) is 10.1. The fraction of sp³-hybridized carbons (Fsp3) is 0.556. The molecular formula is C18H28O3. The molecule has 0 atom stereocenters. The molecule has 0 fully saturated rings. The highest BCUT2D eigenvalue weighted by Gasteiger charge is 2.11. The molecule has 0 aliphatic rings. The fourth-order valence-corrected chi connectivity index (χ4v) is 2.53. The number of hydrogen-bond donors (Lipinski definition) is 3. The van der Waals surface area contributed by atoms with Crippen molar-refractivity contribution in [3.63, 3.8) is 0 Å². The van der Waals surface area contributed by atoms with E-state index in [1.165, 1.54) is 38.5 Å². The number of unbranched alkanes of at least 4 members (excludes halogenated alkanes) is 7. The Hall–Kier alpha value is -1.64. The lowest BCUT2D eigenvalue weighted by molar-refractivity contribution is 0.193. The summed E-state index contributed by atoms with van der Waals surface area (Å²) in [4.78, 5) is 0. The van der Waals surface area contributed by atoms with Crippen molar-refractivity contribution >= 4 is 5.57 Å². The molecule has 0 aliphatic heterocycles. The van der Waals surface area contributed by atoms with Crippen molar-refractivity contribution in [2.24, 2.45) is 0 Å². The van der Waals surface area contributed by atoms with Crippen molar-refractivity contribution in [1.82, 2.24) is 0 Å². The van der Waals surface area contributed by atoms with Gasteiger partial charge in [0, 0.05) is 11.1 Å². The topological polar surface area (TPSA) is 60.7 Å². The average molecular weight is 292 g/mol. The van der Waals surface area contributed by atoms with Gasteiger partial charge in [-0.05, 0) is 18.9 Å². The van der Waals surface area contributed by atoms with Gasteiger partial charge in [0.1, 0.15) is 5.75 Å². The maximum Gasteiger partial charge on any atom is 0.278 e. The molecular weight excluding hydrogens is 264 g/mol. The van der Waals surface area contributed by atoms with Gasteiger partial charge in [-0.15, -0.1) is 0 Å². The first-order valence-corrected chi connectivity index (χ1v) is 8.06. The molecule has 0 saturated heterocycles. The Morgan fingerprint density at radius 1 is 0.857 bits per heavy atom. The van der Waals surface area contributed by atoms with Gasteiger partial charge >= 0.3 is 0 Å². The molecule has 0 unspecified atom stereocenters. The van der Waals surface area contributed by atoms with E-state index in [0.29, 0.717) is 17.6 Å². The van der Waals surface area contributed by atoms with E-state index < -0.39 is 5.95 Å². The summed E-state index contributed by atoms with van der Waals surface area (Å²) < 4.78 is 0. The largest absolute Gasteiger partial charge is 0.507 e. The second-order valence-electron chi connectivity index (χ2n) is 5.54. The zero-order valence-electron chi connectivity index (χ0n) is 13.0. The standard InChI is InChI=1S/C18H28O3/c1-2-3-4-5-6-7-8-9-13-16(18(20)21)15-12-10-11-14-17(15)19/h10-12,14,19-21H,2-9,13H2,1H3. The molecule has 1 aromatic carbocycles. The van der Waals surface area contributed by atoms with Crippen LogP contribution in [-0.2, 0) is 0 Å². The summed E-state index contributed by atoms with van der Waals surface area (Å²) in [6.45, 7) is 2.22. The molecule has 0 bridgehead atoms. The van der Waals surface area contributed by atoms with Crippen LogP contribution < -0.4 is 0 Å². The van der Waals surface area contributed by atoms with E-state index in [4.69, 9.17) is 0 Å². The van der Waals surface area contributed by atoms with Crippen molar-refractivity contribution in [2.75, 3.05) is 0 Å². The number of phenols is 1. The number of aliphatic hydroxyl groups is 2. The summed E-state index contributed by atoms with van der Waals surface area (Å²) in [5.74, 6) is -0.591. The summed E-state index contributed by atoms with van der Waals surface area (Å²) in [6, 6.07) is 6.78. The summed E-state index contributed by atoms with van der Waals surface area (Å²) in [5.41, 5.74) is 0.944. The molecule has 1 rings (SSSR count). The first-order chi connectivity index (χ1) is 10.2. The lowest BCUT2D eigenvalue weighted by Gasteiger charge is -2.09. The molecule has 0 spiro atoms. The normalized spacial score (nSPS) is 10.5. The number of para-hydroxylation sites is 1. The third-order valence-electron chi connectivity index (χ3n) is 3.78. The molecule has 3 nitrogen and oxygen atoms in total. The van der Waals surface area contributed by atoms with Gasteiger partial charge in [-0.1, -0.05) is 70.1 Å². The Kier molecular flexibility index (Phi) is 8.41. The maximum absolute atomic E-state index is 9.80. The quantitative estimate of drug-likeness (QED) is 0.382. The van der Waals surface area contributed by atoms with E-state index in [0.717, 1.165) is 12.8 Å². The fourth-order valence-electron chi connectivity index (χ4n) is 2.53. The van der Waals surface area contributed by atoms with Crippen LogP contribution in [0.15, 0.2) is 30.2 Å². The number of benzene rings is 1. The Labute approximate surface area is 128 Å². The van der Waals surface area contributed by atoms with Crippen LogP contribution in [0, 0.1) is 0 Å². The molecule has 118 valence electrons. The van der Waals surface area contributed by atoms with E-state index in [2.05, 4.69) is 6.92 Å². The maximum atomic E-state index is 9.80. The van der Waals surface area contributed by atoms with Crippen LogP contribution in [0.2, 0.25) is 0 Å². The lowest BCUT2D eigenvalue weighted by Crippen LogP contribution is -1.93. The first kappa shape index (κ1) is 17.4. The zero-order chi connectivity index (χ0) is 15.5. The minimum atomic E-state index is -0.681. The van der Waals surface area contributed by atoms with Crippen molar-refractivity contribution < 1.29 is 15.3 Å². The van der Waals surface area contributed by atoms with Gasteiger partial charge in [0.2, 0.25) is 0 Å². The number of hydrogen-bond acceptors (Lipinski definition) is 3. The highest BCUT2D eigenvalue weighted by molar-refractivity contribution is 5.70. The molecule has 0 radical (unpaired) electrons. The molecule has 1 aromatic rings. The molecule has 21 heavy (non-hydrogen) atoms. The van der Waals surface area contributed by atoms with Gasteiger partial charge in [-0.2, -0.15) is 0 Å². The zero-order valence-corrected chi connectivity index (χ0v) is 13.0. The van der Waals surface area contributed by atoms with E-state index in [-0.39, 0.29) is 5.75 Å². The van der Waals surface area contributed by atoms with E-state index in [1.807, 2.05) is 0 Å². The van der Waals surface area contributed by atoms with Crippen LogP contribution in [0.4, 0.5) is 0 Å². The van der Waals surface area contributed by atoms with E-state index >= 15 is 0 Å². The smallest absolute Gasteiger partial charge is 0.278 e. The molecule has 0 aromatic heterocycles. The van der Waals surface area contributed by atoms with Gasteiger partial charge in [0.25, 0.3) is 5.95 Å². The Morgan fingerprint density at radius 2 is 1.43 bits per heavy atom. The predicted molar refractivity (Wildman–Crippen MR) is 87.5 cm³/mol. The molecule has 0 saturated carbocycles. The number of allylic oxidation sites excluding steroid dienone is 1. The first-order valence-electron chi connectivity index (χ1n) is 8.06. The van der Waals surface area contributed by atoms with Crippen LogP contribution in [-0.4, -0.2) is 15.3 Å². The Bertz CT molecular complexity index is 434. The monoisotopic (exact) mass is 292 g/mol. The van der Waals surface area contributed by atoms with E-state index in [1.54, 1.807) is 24.3 Å². The van der Waals surface area contributed by atoms with Gasteiger partial charge < -0.3 is 15.3 Å². The molecule has 3 N–H and O–H groups in total. The summed E-state index contributed by atoms with van der Waals surface area (Å²) in [6.07, 6.45) is 10.2. The Morgan fingerprint density at radius 3 is 2.00 bits per heavy atom. The summed E-state index contributed by atoms with van der Waals surface area (Å²) >= 11 is 0. The molecule has 0 amide bonds. The third kappa shape index (κ3) is 6.56. The molecule has 3 heteroatoms. The number of rotatable bonds is 10. The van der Waals surface area contributed by atoms with Crippen LogP contribution in [0.5, 0.6) is 5.75 Å². The third-order valence-corrected chi connectivity index (χ3v) is 3.78. The highest BCUT2D eigenvalue weighted by Crippen LogP contribution is 2.30. The number of aliphatic hydroxyl groups excluding tert-OH is 1. The minimum Gasteiger partial charge on any atom is -0.507 e. The van der Waals surface area contributed by atoms with Crippen molar-refractivity contribution in [1.29, 1.82) is 0 Å². The lowest BCUT2D eigenvalue weighted by atomic mass is 9.98. The van der Waals surface area contributed by atoms with Crippen LogP contribution in [0.25, 0.3) is 5.57 Å². The number of phenolic OH excluding ortho intramolecular Hbond substituents is 1. The second-order valence-corrected chi connectivity index (χ2v) is 5.54. The van der Waals surface area contributed by atoms with Gasteiger partial charge in [-0.25, -0.2) is 0 Å². The van der Waals surface area contributed by atoms with Crippen molar-refractivity contribution in [2.45, 2.75) is 64.7 Å². The predicted octanol–water partition coefficient (Wildman–Crippen LogP) is 5.71. The van der Waals surface area contributed by atoms with E-state index in [9.17, 15) is 15.3 Å². The van der Waals surface area contributed by atoms with Gasteiger partial charge in [0.15, 0.2) is 0 Å². The van der Waals surface area contributed by atoms with Crippen molar-refractivity contribution in [3.8, 4) is 5.75 Å². The van der Waals surface area contributed by atoms with Crippen LogP contribution in [0.3, 0.4) is 0 Å². The minimum absolute atomic E-state index is 0.0904. The number of aromatic hydroxyl groups is 1. The average Bonchev–Trinajstić information content (AvgIpc) is 2.46.